The van der Waals surface area contributed by atoms with E-state index in [1.807, 2.05) is 0 Å². The van der Waals surface area contributed by atoms with Gasteiger partial charge in [-0.05, 0) is 13.8 Å². The van der Waals surface area contributed by atoms with Gasteiger partial charge in [0.2, 0.25) is 0 Å². The van der Waals surface area contributed by atoms with Gasteiger partial charge in [-0.1, -0.05) is 0 Å². The first-order valence-corrected chi connectivity index (χ1v) is 5.14. The van der Waals surface area contributed by atoms with Crippen LogP contribution in [-0.2, 0) is 9.47 Å². The molecule has 0 saturated heterocycles. The van der Waals surface area contributed by atoms with Crippen LogP contribution >= 0.6 is 8.16 Å². The Labute approximate surface area is 77.7 Å². The zero-order chi connectivity index (χ0) is 11.9. The van der Waals surface area contributed by atoms with Gasteiger partial charge in [-0.2, -0.15) is 0 Å². The molecule has 0 atom stereocenters. The van der Waals surface area contributed by atoms with Gasteiger partial charge in [-0.15, -0.1) is 0 Å². The van der Waals surface area contributed by atoms with Gasteiger partial charge in [-0.3, -0.25) is 0 Å². The molecule has 88 valence electrons. The standard InChI is InChI=1S/C5H10O3.F5P/c1-3-7-5(6)8-4-2;1-6(2,3,4)5/h3-4H2,1-2H3;. The van der Waals surface area contributed by atoms with Crippen molar-refractivity contribution in [2.75, 3.05) is 13.2 Å². The van der Waals surface area contributed by atoms with Crippen LogP contribution in [-0.4, -0.2) is 19.4 Å². The molecule has 0 radical (unpaired) electrons. The molecule has 0 unspecified atom stereocenters. The van der Waals surface area contributed by atoms with E-state index >= 15 is 0 Å². The van der Waals surface area contributed by atoms with Crippen molar-refractivity contribution in [2.24, 2.45) is 0 Å². The molecule has 0 bridgehead atoms. The van der Waals surface area contributed by atoms with E-state index < -0.39 is 14.3 Å². The summed E-state index contributed by atoms with van der Waals surface area (Å²) in [6.07, 6.45) is -0.588. The summed E-state index contributed by atoms with van der Waals surface area (Å²) in [6, 6.07) is 0. The zero-order valence-electron chi connectivity index (χ0n) is 7.48. The van der Waals surface area contributed by atoms with Crippen molar-refractivity contribution in [3.63, 3.8) is 0 Å². The average Bonchev–Trinajstić information content (AvgIpc) is 1.82. The van der Waals surface area contributed by atoms with Gasteiger partial charge in [0, 0.05) is 0 Å². The number of hydrogen-bond donors (Lipinski definition) is 0. The molecule has 9 heteroatoms. The maximum absolute atomic E-state index is 10.2. The molecule has 0 heterocycles. The summed E-state index contributed by atoms with van der Waals surface area (Å²) < 4.78 is 58.0. The van der Waals surface area contributed by atoms with Crippen molar-refractivity contribution in [1.82, 2.24) is 0 Å². The summed E-state index contributed by atoms with van der Waals surface area (Å²) in [6.45, 7) is 4.21. The predicted molar refractivity (Wildman–Crippen MR) is 41.1 cm³/mol. The van der Waals surface area contributed by atoms with Gasteiger partial charge in [0.25, 0.3) is 0 Å². The molecule has 0 spiro atoms. The molecule has 14 heavy (non-hydrogen) atoms. The minimum absolute atomic E-state index is 0.374. The molecule has 3 nitrogen and oxygen atoms in total. The maximum atomic E-state index is 10.2. The molecule has 0 aliphatic heterocycles. The molecule has 0 aromatic rings. The Morgan fingerprint density at radius 1 is 1.00 bits per heavy atom. The first kappa shape index (κ1) is 15.8. The molecule has 0 saturated carbocycles. The Bertz CT molecular complexity index is 153. The number of rotatable bonds is 2. The van der Waals surface area contributed by atoms with Crippen LogP contribution < -0.4 is 0 Å². The van der Waals surface area contributed by atoms with E-state index in [0.29, 0.717) is 13.2 Å². The fourth-order valence-corrected chi connectivity index (χ4v) is 0.277. The predicted octanol–water partition coefficient (Wildman–Crippen LogP) is 4.14. The summed E-state index contributed by atoms with van der Waals surface area (Å²) >= 11 is 0. The van der Waals surface area contributed by atoms with Gasteiger partial charge < -0.3 is 9.47 Å². The monoisotopic (exact) mass is 244 g/mol. The van der Waals surface area contributed by atoms with Crippen LogP contribution in [0.1, 0.15) is 13.8 Å². The van der Waals surface area contributed by atoms with E-state index in [9.17, 15) is 25.8 Å². The number of ether oxygens (including phenoxy) is 2. The first-order chi connectivity index (χ1) is 6.04. The fraction of sp³-hybridized carbons (Fsp3) is 0.800. The molecule has 0 aliphatic carbocycles. The number of halogens is 5. The number of carbonyl (C=O) groups excluding carboxylic acids is 1. The van der Waals surface area contributed by atoms with Crippen molar-refractivity contribution in [3.05, 3.63) is 0 Å². The van der Waals surface area contributed by atoms with E-state index in [0.717, 1.165) is 0 Å². The van der Waals surface area contributed by atoms with Gasteiger partial charge in [-0.25, -0.2) is 4.79 Å². The van der Waals surface area contributed by atoms with Crippen LogP contribution in [0.15, 0.2) is 0 Å². The Morgan fingerprint density at radius 3 is 1.36 bits per heavy atom. The van der Waals surface area contributed by atoms with Gasteiger partial charge in [0.15, 0.2) is 0 Å². The third-order valence-electron chi connectivity index (χ3n) is 0.524. The summed E-state index contributed by atoms with van der Waals surface area (Å²) in [5, 5.41) is 0. The molecule has 0 rings (SSSR count). The van der Waals surface area contributed by atoms with Crippen LogP contribution in [0, 0.1) is 0 Å². The summed E-state index contributed by atoms with van der Waals surface area (Å²) in [4.78, 5) is 10.2. The van der Waals surface area contributed by atoms with Crippen LogP contribution in [0.25, 0.3) is 0 Å². The van der Waals surface area contributed by atoms with E-state index in [-0.39, 0.29) is 0 Å². The van der Waals surface area contributed by atoms with Gasteiger partial charge in [0.1, 0.15) is 0 Å². The Kier molecular flexibility index (Phi) is 6.72. The molecule has 0 aliphatic rings. The molecular weight excluding hydrogens is 234 g/mol. The van der Waals surface area contributed by atoms with E-state index in [1.54, 1.807) is 13.8 Å². The van der Waals surface area contributed by atoms with Crippen molar-refractivity contribution in [1.29, 1.82) is 0 Å². The quantitative estimate of drug-likeness (QED) is 0.416. The van der Waals surface area contributed by atoms with E-state index in [1.165, 1.54) is 0 Å². The fourth-order valence-electron chi connectivity index (χ4n) is 0.277. The Hall–Kier alpha value is -0.650. The number of hydrogen-bond acceptors (Lipinski definition) is 3. The van der Waals surface area contributed by atoms with Crippen LogP contribution in [0.3, 0.4) is 0 Å². The molecule has 0 aromatic heterocycles. The SMILES string of the molecule is CCOC(=O)OCC.FP(F)(F)(F)F. The van der Waals surface area contributed by atoms with Crippen molar-refractivity contribution in [3.8, 4) is 0 Å². The van der Waals surface area contributed by atoms with Crippen LogP contribution in [0.2, 0.25) is 0 Å². The molecule has 0 fully saturated rings. The van der Waals surface area contributed by atoms with E-state index in [4.69, 9.17) is 0 Å². The number of carbonyl (C=O) groups is 1. The second kappa shape index (κ2) is 5.95. The average molecular weight is 244 g/mol. The molecular formula is C5H10F5O3P. The summed E-state index contributed by atoms with van der Waals surface area (Å²) in [5.41, 5.74) is 0. The van der Waals surface area contributed by atoms with Gasteiger partial charge in [0.05, 0.1) is 13.2 Å². The molecule has 0 aromatic carbocycles. The molecule has 0 amide bonds. The van der Waals surface area contributed by atoms with Crippen molar-refractivity contribution < 1.29 is 35.3 Å². The second-order valence-electron chi connectivity index (χ2n) is 1.75. The topological polar surface area (TPSA) is 35.5 Å². The summed E-state index contributed by atoms with van der Waals surface area (Å²) in [5.74, 6) is 0. The van der Waals surface area contributed by atoms with E-state index in [2.05, 4.69) is 9.47 Å². The third kappa shape index (κ3) is 42.5. The first-order valence-electron chi connectivity index (χ1n) is 3.45. The van der Waals surface area contributed by atoms with Gasteiger partial charge >= 0.3 is 35.3 Å². The van der Waals surface area contributed by atoms with Crippen LogP contribution in [0.5, 0.6) is 0 Å². The summed E-state index contributed by atoms with van der Waals surface area (Å²) in [7, 11) is -8.55. The Morgan fingerprint density at radius 2 is 1.21 bits per heavy atom. The normalized spacial score (nSPS) is 12.9. The minimum atomic E-state index is -8.55. The van der Waals surface area contributed by atoms with Crippen LogP contribution in [0.4, 0.5) is 25.8 Å². The zero-order valence-corrected chi connectivity index (χ0v) is 8.37. The Balaban J connectivity index is 0. The second-order valence-corrected chi connectivity index (χ2v) is 3.03. The third-order valence-corrected chi connectivity index (χ3v) is 0.524. The molecule has 0 N–H and O–H groups in total. The van der Waals surface area contributed by atoms with Crippen molar-refractivity contribution >= 4 is 14.3 Å². The van der Waals surface area contributed by atoms with Crippen molar-refractivity contribution in [2.45, 2.75) is 13.8 Å².